The third-order valence-electron chi connectivity index (χ3n) is 4.58. The Morgan fingerprint density at radius 1 is 1.04 bits per heavy atom. The minimum Gasteiger partial charge on any atom is -0.183 e. The summed E-state index contributed by atoms with van der Waals surface area (Å²) in [6.07, 6.45) is 1.11. The molecule has 0 fully saturated rings. The molecule has 4 nitrogen and oxygen atoms in total. The molecule has 6 heteroatoms. The fourth-order valence-corrected chi connectivity index (χ4v) is 4.28. The molecule has 0 aliphatic heterocycles. The first-order valence-electron chi connectivity index (χ1n) is 9.08. The molecule has 2 aromatic heterocycles. The van der Waals surface area contributed by atoms with Crippen LogP contribution in [0.3, 0.4) is 0 Å². The Bertz CT molecular complexity index is 1070. The maximum Gasteiger partial charge on any atom is 0.234 e. The quantitative estimate of drug-likeness (QED) is 0.424. The molecule has 0 radical (unpaired) electrons. The van der Waals surface area contributed by atoms with Gasteiger partial charge in [-0.25, -0.2) is 0 Å². The van der Waals surface area contributed by atoms with E-state index in [1.807, 2.05) is 28.8 Å². The number of hydrogen-bond acceptors (Lipinski definition) is 4. The largest absolute Gasteiger partial charge is 0.234 e. The summed E-state index contributed by atoms with van der Waals surface area (Å²) in [5.41, 5.74) is 3.55. The van der Waals surface area contributed by atoms with Gasteiger partial charge < -0.3 is 0 Å². The van der Waals surface area contributed by atoms with Crippen molar-refractivity contribution < 1.29 is 0 Å². The van der Waals surface area contributed by atoms with Crippen molar-refractivity contribution in [1.82, 2.24) is 19.8 Å². The number of rotatable bonds is 5. The summed E-state index contributed by atoms with van der Waals surface area (Å²) in [6, 6.07) is 16.5. The van der Waals surface area contributed by atoms with E-state index in [0.29, 0.717) is 10.9 Å². The van der Waals surface area contributed by atoms with Gasteiger partial charge in [-0.2, -0.15) is 9.61 Å². The average molecular weight is 397 g/mol. The molecule has 0 saturated heterocycles. The fourth-order valence-electron chi connectivity index (χ4n) is 3.17. The zero-order chi connectivity index (χ0) is 19.0. The summed E-state index contributed by atoms with van der Waals surface area (Å²) >= 11 is 7.70. The van der Waals surface area contributed by atoms with Crippen molar-refractivity contribution >= 4 is 27.9 Å². The number of nitrogens with zero attached hydrogens (tertiary/aromatic N) is 4. The minimum atomic E-state index is 0.206. The van der Waals surface area contributed by atoms with Crippen LogP contribution in [-0.4, -0.2) is 19.8 Å². The van der Waals surface area contributed by atoms with Crippen molar-refractivity contribution in [2.75, 3.05) is 0 Å². The molecule has 0 N–H and O–H groups in total. The van der Waals surface area contributed by atoms with Crippen LogP contribution in [0, 0.1) is 5.92 Å². The zero-order valence-electron chi connectivity index (χ0n) is 15.6. The van der Waals surface area contributed by atoms with Crippen LogP contribution < -0.4 is 0 Å². The number of hydrogen-bond donors (Lipinski definition) is 0. The van der Waals surface area contributed by atoms with Crippen molar-refractivity contribution in [3.05, 3.63) is 69.7 Å². The molecule has 0 bridgehead atoms. The van der Waals surface area contributed by atoms with Gasteiger partial charge in [-0.1, -0.05) is 80.1 Å². The molecule has 0 aliphatic rings. The standard InChI is InChI=1S/C21H21ClN4S/c1-13(2)11-15-7-9-16(10-8-15)14(3)20-25-26-19(23-24-21(26)27-20)17-5-4-6-18(22)12-17/h4-10,12-14H,11H2,1-3H3/t14-/m1/s1. The Hall–Kier alpha value is -2.24. The molecule has 4 rings (SSSR count). The van der Waals surface area contributed by atoms with E-state index in [1.165, 1.54) is 11.1 Å². The SMILES string of the molecule is CC(C)Cc1ccc([C@@H](C)c2nn3c(-c4cccc(Cl)c4)nnc3s2)cc1. The van der Waals surface area contributed by atoms with E-state index in [4.69, 9.17) is 16.7 Å². The highest BCUT2D eigenvalue weighted by Crippen LogP contribution is 2.30. The van der Waals surface area contributed by atoms with E-state index in [-0.39, 0.29) is 5.92 Å². The minimum absolute atomic E-state index is 0.206. The summed E-state index contributed by atoms with van der Waals surface area (Å²) in [7, 11) is 0. The Morgan fingerprint density at radius 2 is 1.81 bits per heavy atom. The number of aromatic nitrogens is 4. The summed E-state index contributed by atoms with van der Waals surface area (Å²) in [6.45, 7) is 6.67. The van der Waals surface area contributed by atoms with E-state index in [0.717, 1.165) is 27.8 Å². The van der Waals surface area contributed by atoms with Crippen LogP contribution in [0.2, 0.25) is 5.02 Å². The topological polar surface area (TPSA) is 43.1 Å². The highest BCUT2D eigenvalue weighted by atomic mass is 35.5. The van der Waals surface area contributed by atoms with Gasteiger partial charge >= 0.3 is 0 Å². The lowest BCUT2D eigenvalue weighted by atomic mass is 9.97. The molecule has 0 spiro atoms. The van der Waals surface area contributed by atoms with Crippen molar-refractivity contribution in [3.63, 3.8) is 0 Å². The van der Waals surface area contributed by atoms with Gasteiger partial charge in [0.2, 0.25) is 4.96 Å². The van der Waals surface area contributed by atoms with Crippen molar-refractivity contribution in [1.29, 1.82) is 0 Å². The molecular formula is C21H21ClN4S. The Morgan fingerprint density at radius 3 is 2.52 bits per heavy atom. The molecule has 138 valence electrons. The maximum atomic E-state index is 6.12. The highest BCUT2D eigenvalue weighted by molar-refractivity contribution is 7.16. The zero-order valence-corrected chi connectivity index (χ0v) is 17.1. The molecule has 0 aliphatic carbocycles. The normalized spacial score (nSPS) is 12.8. The second-order valence-electron chi connectivity index (χ2n) is 7.23. The van der Waals surface area contributed by atoms with Gasteiger partial charge in [-0.15, -0.1) is 10.2 Å². The van der Waals surface area contributed by atoms with E-state index >= 15 is 0 Å². The second kappa shape index (κ2) is 7.41. The van der Waals surface area contributed by atoms with Gasteiger partial charge in [0.1, 0.15) is 5.01 Å². The lowest BCUT2D eigenvalue weighted by molar-refractivity contribution is 0.647. The van der Waals surface area contributed by atoms with Crippen LogP contribution in [0.1, 0.15) is 42.8 Å². The van der Waals surface area contributed by atoms with Gasteiger partial charge in [-0.05, 0) is 35.6 Å². The van der Waals surface area contributed by atoms with Crippen LogP contribution in [0.4, 0.5) is 0 Å². The summed E-state index contributed by atoms with van der Waals surface area (Å²) in [5, 5.41) is 15.1. The van der Waals surface area contributed by atoms with E-state index < -0.39 is 0 Å². The maximum absolute atomic E-state index is 6.12. The number of benzene rings is 2. The first kappa shape index (κ1) is 18.1. The molecule has 0 amide bonds. The Balaban J connectivity index is 1.64. The van der Waals surface area contributed by atoms with Gasteiger partial charge in [0.25, 0.3) is 0 Å². The first-order chi connectivity index (χ1) is 13.0. The molecule has 0 saturated carbocycles. The lowest BCUT2D eigenvalue weighted by Gasteiger charge is -2.10. The monoisotopic (exact) mass is 396 g/mol. The van der Waals surface area contributed by atoms with Crippen molar-refractivity contribution in [2.45, 2.75) is 33.1 Å². The Kier molecular flexibility index (Phi) is 4.98. The number of halogens is 1. The van der Waals surface area contributed by atoms with Gasteiger partial charge in [0.05, 0.1) is 0 Å². The summed E-state index contributed by atoms with van der Waals surface area (Å²) < 4.78 is 1.81. The van der Waals surface area contributed by atoms with Crippen molar-refractivity contribution in [2.24, 2.45) is 5.92 Å². The van der Waals surface area contributed by atoms with Crippen LogP contribution in [0.25, 0.3) is 16.3 Å². The lowest BCUT2D eigenvalue weighted by Crippen LogP contribution is -1.99. The first-order valence-corrected chi connectivity index (χ1v) is 10.3. The number of fused-ring (bicyclic) bond motifs is 1. The predicted octanol–water partition coefficient (Wildman–Crippen LogP) is 5.86. The van der Waals surface area contributed by atoms with Crippen LogP contribution in [0.5, 0.6) is 0 Å². The summed E-state index contributed by atoms with van der Waals surface area (Å²) in [5.74, 6) is 1.59. The molecule has 1 atom stereocenters. The van der Waals surface area contributed by atoms with Crippen LogP contribution >= 0.6 is 22.9 Å². The third kappa shape index (κ3) is 3.75. The Labute approximate surface area is 167 Å². The van der Waals surface area contributed by atoms with Gasteiger partial charge in [0.15, 0.2) is 5.82 Å². The summed E-state index contributed by atoms with van der Waals surface area (Å²) in [4.78, 5) is 0.795. The van der Waals surface area contributed by atoms with E-state index in [1.54, 1.807) is 11.3 Å². The van der Waals surface area contributed by atoms with Crippen LogP contribution in [-0.2, 0) is 6.42 Å². The highest BCUT2D eigenvalue weighted by Gasteiger charge is 2.18. The van der Waals surface area contributed by atoms with Gasteiger partial charge in [-0.3, -0.25) is 0 Å². The van der Waals surface area contributed by atoms with E-state index in [2.05, 4.69) is 55.2 Å². The molecule has 27 heavy (non-hydrogen) atoms. The molecule has 2 heterocycles. The van der Waals surface area contributed by atoms with Gasteiger partial charge in [0, 0.05) is 16.5 Å². The van der Waals surface area contributed by atoms with E-state index in [9.17, 15) is 0 Å². The average Bonchev–Trinajstić information content (AvgIpc) is 3.22. The molecule has 4 aromatic rings. The molecule has 2 aromatic carbocycles. The molecule has 0 unspecified atom stereocenters. The fraction of sp³-hybridized carbons (Fsp3) is 0.286. The molecular weight excluding hydrogens is 376 g/mol. The smallest absolute Gasteiger partial charge is 0.183 e. The predicted molar refractivity (Wildman–Crippen MR) is 112 cm³/mol. The second-order valence-corrected chi connectivity index (χ2v) is 8.65. The van der Waals surface area contributed by atoms with Crippen LogP contribution in [0.15, 0.2) is 48.5 Å². The van der Waals surface area contributed by atoms with Crippen molar-refractivity contribution in [3.8, 4) is 11.4 Å². The third-order valence-corrected chi connectivity index (χ3v) is 5.90.